The molecule has 0 saturated carbocycles. The molecular weight excluding hydrogens is 243 g/mol. The van der Waals surface area contributed by atoms with Crippen molar-refractivity contribution in [3.8, 4) is 0 Å². The maximum absolute atomic E-state index is 12.8. The number of hydrogen-bond donors (Lipinski definition) is 0. The lowest BCUT2D eigenvalue weighted by Gasteiger charge is -2.02. The van der Waals surface area contributed by atoms with Crippen molar-refractivity contribution >= 4 is 27.2 Å². The number of carbonyl (C=O) groups is 1. The molecule has 15 heavy (non-hydrogen) atoms. The van der Waals surface area contributed by atoms with Gasteiger partial charge in [-0.15, -0.1) is 0 Å². The van der Waals surface area contributed by atoms with Gasteiger partial charge in [0.1, 0.15) is 17.4 Å². The summed E-state index contributed by atoms with van der Waals surface area (Å²) in [4.78, 5) is 10.5. The van der Waals surface area contributed by atoms with Gasteiger partial charge < -0.3 is 0 Å². The van der Waals surface area contributed by atoms with Crippen LogP contribution >= 0.6 is 11.6 Å². The molecule has 0 N–H and O–H groups in total. The summed E-state index contributed by atoms with van der Waals surface area (Å²) in [7, 11) is -3.70. The number of Topliss-reactive ketones (excluding diaryl/α,β-unsaturated/α-hetero) is 1. The van der Waals surface area contributed by atoms with Crippen molar-refractivity contribution in [1.82, 2.24) is 0 Å². The van der Waals surface area contributed by atoms with E-state index in [2.05, 4.69) is 0 Å². The van der Waals surface area contributed by atoms with Crippen molar-refractivity contribution in [1.29, 1.82) is 0 Å². The molecule has 0 unspecified atom stereocenters. The zero-order valence-electron chi connectivity index (χ0n) is 7.83. The Morgan fingerprint density at radius 1 is 1.47 bits per heavy atom. The molecule has 3 nitrogen and oxygen atoms in total. The Bertz CT molecular complexity index is 496. The lowest BCUT2D eigenvalue weighted by molar-refractivity contribution is -0.114. The van der Waals surface area contributed by atoms with Gasteiger partial charge in [-0.05, 0) is 25.1 Å². The predicted octanol–water partition coefficient (Wildman–Crippen LogP) is 1.84. The van der Waals surface area contributed by atoms with Crippen LogP contribution in [0.15, 0.2) is 23.1 Å². The molecule has 6 heteroatoms. The van der Waals surface area contributed by atoms with E-state index in [-0.39, 0.29) is 9.92 Å². The first kappa shape index (κ1) is 12.1. The fraction of sp³-hybridized carbons (Fsp3) is 0.222. The van der Waals surface area contributed by atoms with E-state index in [1.54, 1.807) is 0 Å². The Morgan fingerprint density at radius 2 is 2.07 bits per heavy atom. The molecule has 0 heterocycles. The highest BCUT2D eigenvalue weighted by atomic mass is 35.5. The molecule has 0 spiro atoms. The van der Waals surface area contributed by atoms with Gasteiger partial charge in [-0.1, -0.05) is 11.6 Å². The molecule has 0 aliphatic rings. The highest BCUT2D eigenvalue weighted by molar-refractivity contribution is 7.92. The topological polar surface area (TPSA) is 51.2 Å². The van der Waals surface area contributed by atoms with Crippen LogP contribution in [0, 0.1) is 5.82 Å². The summed E-state index contributed by atoms with van der Waals surface area (Å²) in [6, 6.07) is 3.03. The van der Waals surface area contributed by atoms with Crippen LogP contribution in [0.5, 0.6) is 0 Å². The molecule has 0 saturated heterocycles. The van der Waals surface area contributed by atoms with Crippen LogP contribution in [0.3, 0.4) is 0 Å². The molecule has 0 aromatic heterocycles. The molecule has 0 bridgehead atoms. The number of carbonyl (C=O) groups excluding carboxylic acids is 1. The first-order valence-corrected chi connectivity index (χ1v) is 6.03. The number of halogens is 2. The van der Waals surface area contributed by atoms with Gasteiger partial charge in [0.15, 0.2) is 9.84 Å². The first-order valence-electron chi connectivity index (χ1n) is 4.00. The van der Waals surface area contributed by atoms with Crippen molar-refractivity contribution in [2.75, 3.05) is 5.75 Å². The minimum atomic E-state index is -3.70. The van der Waals surface area contributed by atoms with Gasteiger partial charge in [-0.3, -0.25) is 4.79 Å². The quantitative estimate of drug-likeness (QED) is 0.770. The Labute approximate surface area is 91.8 Å². The van der Waals surface area contributed by atoms with Crippen LogP contribution in [0.4, 0.5) is 4.39 Å². The molecule has 82 valence electrons. The van der Waals surface area contributed by atoms with Gasteiger partial charge in [0.2, 0.25) is 0 Å². The second kappa shape index (κ2) is 4.28. The molecule has 1 aromatic carbocycles. The molecule has 1 rings (SSSR count). The van der Waals surface area contributed by atoms with Crippen LogP contribution in [0.2, 0.25) is 5.02 Å². The van der Waals surface area contributed by atoms with Gasteiger partial charge in [0, 0.05) is 0 Å². The zero-order valence-corrected chi connectivity index (χ0v) is 9.40. The fourth-order valence-corrected chi connectivity index (χ4v) is 2.54. The summed E-state index contributed by atoms with van der Waals surface area (Å²) in [5.41, 5.74) is 0. The third-order valence-electron chi connectivity index (χ3n) is 1.64. The fourth-order valence-electron chi connectivity index (χ4n) is 1.02. The Morgan fingerprint density at radius 3 is 2.53 bits per heavy atom. The van der Waals surface area contributed by atoms with Crippen molar-refractivity contribution in [2.24, 2.45) is 0 Å². The van der Waals surface area contributed by atoms with E-state index in [1.165, 1.54) is 6.92 Å². The summed E-state index contributed by atoms with van der Waals surface area (Å²) in [6.07, 6.45) is 0. The summed E-state index contributed by atoms with van der Waals surface area (Å²) < 4.78 is 35.8. The first-order chi connectivity index (χ1) is 6.83. The molecule has 0 aliphatic carbocycles. The van der Waals surface area contributed by atoms with Gasteiger partial charge in [-0.25, -0.2) is 12.8 Å². The molecule has 0 aliphatic heterocycles. The largest absolute Gasteiger partial charge is 0.299 e. The second-order valence-corrected chi connectivity index (χ2v) is 5.43. The maximum atomic E-state index is 12.8. The molecule has 0 radical (unpaired) electrons. The van der Waals surface area contributed by atoms with E-state index in [0.29, 0.717) is 0 Å². The van der Waals surface area contributed by atoms with Crippen LogP contribution in [-0.4, -0.2) is 20.0 Å². The Kier molecular flexibility index (Phi) is 3.46. The third kappa shape index (κ3) is 3.00. The minimum Gasteiger partial charge on any atom is -0.299 e. The Balaban J connectivity index is 3.17. The average Bonchev–Trinajstić information content (AvgIpc) is 2.07. The number of hydrogen-bond acceptors (Lipinski definition) is 3. The van der Waals surface area contributed by atoms with Crippen molar-refractivity contribution in [3.05, 3.63) is 29.0 Å². The second-order valence-electron chi connectivity index (χ2n) is 3.04. The van der Waals surface area contributed by atoms with Crippen LogP contribution < -0.4 is 0 Å². The Hall–Kier alpha value is -0.940. The van der Waals surface area contributed by atoms with E-state index in [4.69, 9.17) is 11.6 Å². The van der Waals surface area contributed by atoms with Gasteiger partial charge in [0.25, 0.3) is 0 Å². The lowest BCUT2D eigenvalue weighted by atomic mass is 10.3. The van der Waals surface area contributed by atoms with Gasteiger partial charge >= 0.3 is 0 Å². The highest BCUT2D eigenvalue weighted by Gasteiger charge is 2.18. The van der Waals surface area contributed by atoms with E-state index in [1.807, 2.05) is 0 Å². The van der Waals surface area contributed by atoms with Crippen LogP contribution in [-0.2, 0) is 14.6 Å². The molecule has 0 amide bonds. The van der Waals surface area contributed by atoms with Crippen molar-refractivity contribution in [2.45, 2.75) is 11.8 Å². The molecule has 0 fully saturated rings. The van der Waals surface area contributed by atoms with Crippen molar-refractivity contribution < 1.29 is 17.6 Å². The van der Waals surface area contributed by atoms with E-state index >= 15 is 0 Å². The molecular formula is C9H8ClFO3S. The van der Waals surface area contributed by atoms with E-state index in [9.17, 15) is 17.6 Å². The standard InChI is InChI=1S/C9H8ClFO3S/c1-6(12)5-15(13,14)7-2-3-9(11)8(10)4-7/h2-4H,5H2,1H3. The minimum absolute atomic E-state index is 0.149. The van der Waals surface area contributed by atoms with Crippen LogP contribution in [0.25, 0.3) is 0 Å². The summed E-state index contributed by atoms with van der Waals surface area (Å²) >= 11 is 5.43. The van der Waals surface area contributed by atoms with Gasteiger partial charge in [0.05, 0.1) is 9.92 Å². The smallest absolute Gasteiger partial charge is 0.185 e. The number of ketones is 1. The number of rotatable bonds is 3. The number of sulfone groups is 1. The monoisotopic (exact) mass is 250 g/mol. The lowest BCUT2D eigenvalue weighted by Crippen LogP contribution is -2.13. The summed E-state index contributed by atoms with van der Waals surface area (Å²) in [6.45, 7) is 1.17. The zero-order chi connectivity index (χ0) is 11.6. The summed E-state index contributed by atoms with van der Waals surface area (Å²) in [5, 5.41) is -0.278. The van der Waals surface area contributed by atoms with E-state index < -0.39 is 27.2 Å². The predicted molar refractivity (Wildman–Crippen MR) is 54.1 cm³/mol. The normalized spacial score (nSPS) is 11.4. The highest BCUT2D eigenvalue weighted by Crippen LogP contribution is 2.20. The van der Waals surface area contributed by atoms with Gasteiger partial charge in [-0.2, -0.15) is 0 Å². The van der Waals surface area contributed by atoms with Crippen molar-refractivity contribution in [3.63, 3.8) is 0 Å². The molecule has 1 aromatic rings. The molecule has 0 atom stereocenters. The van der Waals surface area contributed by atoms with Crippen LogP contribution in [0.1, 0.15) is 6.92 Å². The van der Waals surface area contributed by atoms with E-state index in [0.717, 1.165) is 18.2 Å². The maximum Gasteiger partial charge on any atom is 0.185 e. The average molecular weight is 251 g/mol. The summed E-state index contributed by atoms with van der Waals surface area (Å²) in [5.74, 6) is -1.77. The SMILES string of the molecule is CC(=O)CS(=O)(=O)c1ccc(F)c(Cl)c1. The third-order valence-corrected chi connectivity index (χ3v) is 3.69. The number of benzene rings is 1.